The lowest BCUT2D eigenvalue weighted by Gasteiger charge is -2.35. The molecule has 34 heavy (non-hydrogen) atoms. The van der Waals surface area contributed by atoms with Crippen molar-refractivity contribution >= 4 is 140 Å². The largest absolute Gasteiger partial charge is 0.326 e. The molecule has 0 fully saturated rings. The summed E-state index contributed by atoms with van der Waals surface area (Å²) in [4.78, 5) is 0.925. The van der Waals surface area contributed by atoms with Crippen LogP contribution >= 0.6 is 140 Å². The van der Waals surface area contributed by atoms with Crippen LogP contribution in [0.4, 0.5) is 0 Å². The molecule has 1 atom stereocenters. The lowest BCUT2D eigenvalue weighted by molar-refractivity contribution is 0.505. The molecule has 2 nitrogen and oxygen atoms in total. The molecule has 3 rings (SSSR count). The van der Waals surface area contributed by atoms with E-state index >= 15 is 0 Å². The van der Waals surface area contributed by atoms with E-state index in [9.17, 15) is 0 Å². The molecule has 0 saturated heterocycles. The molecule has 184 valence electrons. The van der Waals surface area contributed by atoms with Crippen molar-refractivity contribution in [3.05, 3.63) is 73.6 Å². The molecule has 1 aliphatic rings. The van der Waals surface area contributed by atoms with E-state index in [-0.39, 0.29) is 50.2 Å². The third kappa shape index (κ3) is 5.81. The number of benzene rings is 2. The molecule has 2 N–H and O–H groups in total. The zero-order chi connectivity index (χ0) is 25.5. The molecule has 0 amide bonds. The van der Waals surface area contributed by atoms with Crippen LogP contribution in [0.15, 0.2) is 33.2 Å². The lowest BCUT2D eigenvalue weighted by atomic mass is 9.85. The first-order chi connectivity index (χ1) is 15.8. The van der Waals surface area contributed by atoms with E-state index in [0.29, 0.717) is 16.2 Å². The van der Waals surface area contributed by atoms with Gasteiger partial charge >= 0.3 is 0 Å². The van der Waals surface area contributed by atoms with Gasteiger partial charge in [0, 0.05) is 5.70 Å². The highest BCUT2D eigenvalue weighted by Crippen LogP contribution is 2.49. The van der Waals surface area contributed by atoms with Gasteiger partial charge in [0.25, 0.3) is 0 Å². The third-order valence-electron chi connectivity index (χ3n) is 5.02. The van der Waals surface area contributed by atoms with Gasteiger partial charge in [0.05, 0.1) is 65.6 Å². The van der Waals surface area contributed by atoms with Gasteiger partial charge in [0.2, 0.25) is 0 Å². The number of hydrogen-bond donors (Lipinski definition) is 2. The van der Waals surface area contributed by atoms with E-state index in [1.165, 1.54) is 23.9 Å². The van der Waals surface area contributed by atoms with Crippen LogP contribution in [0.5, 0.6) is 0 Å². The molecule has 0 aliphatic heterocycles. The second kappa shape index (κ2) is 12.0. The topological polar surface area (TPSA) is 24.1 Å². The summed E-state index contributed by atoms with van der Waals surface area (Å²) in [5.41, 5.74) is 1.33. The van der Waals surface area contributed by atoms with Crippen molar-refractivity contribution in [2.75, 3.05) is 0 Å². The van der Waals surface area contributed by atoms with Crippen LogP contribution in [0.2, 0.25) is 50.2 Å². The molecule has 1 aliphatic carbocycles. The fourth-order valence-corrected chi connectivity index (χ4v) is 7.56. The quantitative estimate of drug-likeness (QED) is 0.178. The maximum absolute atomic E-state index is 6.37. The molecule has 0 bridgehead atoms. The Morgan fingerprint density at radius 1 is 0.647 bits per heavy atom. The Morgan fingerprint density at radius 3 is 1.47 bits per heavy atom. The second-order valence-corrected chi connectivity index (χ2v) is 12.6. The Hall–Kier alpha value is 1.28. The highest BCUT2D eigenvalue weighted by molar-refractivity contribution is 7.98. The number of hydrogen-bond acceptors (Lipinski definition) is 4. The molecule has 0 spiro atoms. The van der Waals surface area contributed by atoms with Gasteiger partial charge in [-0.25, -0.2) is 4.72 Å². The number of allylic oxidation sites excluding steroid dienone is 1. The van der Waals surface area contributed by atoms with E-state index in [2.05, 4.69) is 9.44 Å². The van der Waals surface area contributed by atoms with E-state index in [0.717, 1.165) is 11.3 Å². The van der Waals surface area contributed by atoms with Gasteiger partial charge in [-0.3, -0.25) is 0 Å². The predicted octanol–water partition coefficient (Wildman–Crippen LogP) is 12.1. The van der Waals surface area contributed by atoms with Crippen LogP contribution in [0, 0.1) is 0 Å². The second-order valence-electron chi connectivity index (χ2n) is 7.18. The van der Waals surface area contributed by atoms with Crippen molar-refractivity contribution in [1.82, 2.24) is 9.44 Å². The van der Waals surface area contributed by atoms with Crippen molar-refractivity contribution in [3.63, 3.8) is 0 Å². The average Bonchev–Trinajstić information content (AvgIpc) is 2.81. The highest BCUT2D eigenvalue weighted by Gasteiger charge is 2.31. The summed E-state index contributed by atoms with van der Waals surface area (Å²) in [6, 6.07) is 0. The summed E-state index contributed by atoms with van der Waals surface area (Å²) in [6.45, 7) is 4.01. The third-order valence-corrected chi connectivity index (χ3v) is 12.1. The van der Waals surface area contributed by atoms with Gasteiger partial charge in [0.1, 0.15) is 0 Å². The Bertz CT molecular complexity index is 1170. The van der Waals surface area contributed by atoms with E-state index in [4.69, 9.17) is 116 Å². The Balaban J connectivity index is 1.85. The molecule has 14 heteroatoms. The highest BCUT2D eigenvalue weighted by atomic mass is 35.5. The van der Waals surface area contributed by atoms with Gasteiger partial charge in [-0.2, -0.15) is 0 Å². The number of rotatable bonds is 6. The first-order valence-corrected chi connectivity index (χ1v) is 14.5. The standard InChI is InChI=1S/C20H12Cl10N2S2/c1-6-7(31-33-18-14(27)10(23)8(21)11(24)15(18)28)4-3-5-20(6,2)32-34-19-16(29)12(25)9(22)13(26)17(19)30/h3-4,31-32H,5H2,1-2H3. The van der Waals surface area contributed by atoms with Crippen LogP contribution in [0.3, 0.4) is 0 Å². The van der Waals surface area contributed by atoms with Gasteiger partial charge < -0.3 is 4.72 Å². The zero-order valence-electron chi connectivity index (χ0n) is 17.0. The normalized spacial score (nSPS) is 18.1. The predicted molar refractivity (Wildman–Crippen MR) is 156 cm³/mol. The Morgan fingerprint density at radius 2 is 1.03 bits per heavy atom. The molecule has 0 saturated carbocycles. The Labute approximate surface area is 256 Å². The van der Waals surface area contributed by atoms with Gasteiger partial charge in [-0.05, 0) is 55.8 Å². The maximum atomic E-state index is 6.37. The molecule has 2 aromatic carbocycles. The summed E-state index contributed by atoms with van der Waals surface area (Å²) >= 11 is 64.7. The first-order valence-electron chi connectivity index (χ1n) is 9.09. The van der Waals surface area contributed by atoms with Crippen LogP contribution in [-0.4, -0.2) is 5.54 Å². The average molecular weight is 699 g/mol. The molecular formula is C20H12Cl10N2S2. The molecule has 0 radical (unpaired) electrons. The van der Waals surface area contributed by atoms with Crippen molar-refractivity contribution in [1.29, 1.82) is 0 Å². The first kappa shape index (κ1) is 29.8. The summed E-state index contributed by atoms with van der Waals surface area (Å²) in [5, 5.41) is 1.56. The minimum atomic E-state index is -0.490. The lowest BCUT2D eigenvalue weighted by Crippen LogP contribution is -2.41. The van der Waals surface area contributed by atoms with E-state index < -0.39 is 5.54 Å². The summed E-state index contributed by atoms with van der Waals surface area (Å²) in [6.07, 6.45) is 4.65. The van der Waals surface area contributed by atoms with Crippen LogP contribution in [0.1, 0.15) is 20.3 Å². The minimum absolute atomic E-state index is 0.101. The molecular weight excluding hydrogens is 687 g/mol. The van der Waals surface area contributed by atoms with Gasteiger partial charge in [-0.1, -0.05) is 122 Å². The minimum Gasteiger partial charge on any atom is -0.326 e. The zero-order valence-corrected chi connectivity index (χ0v) is 26.2. The van der Waals surface area contributed by atoms with Crippen molar-refractivity contribution in [2.45, 2.75) is 35.6 Å². The SMILES string of the molecule is CC1=C(NSc2c(Cl)c(Cl)c(Cl)c(Cl)c2Cl)C=CCC1(C)NSc1c(Cl)c(Cl)c(Cl)c(Cl)c1Cl. The van der Waals surface area contributed by atoms with Crippen molar-refractivity contribution in [3.8, 4) is 0 Å². The number of nitrogens with one attached hydrogen (secondary N) is 2. The van der Waals surface area contributed by atoms with Crippen LogP contribution < -0.4 is 9.44 Å². The molecule has 0 aromatic heterocycles. The summed E-state index contributed by atoms with van der Waals surface area (Å²) in [5.74, 6) is 0. The Kier molecular flexibility index (Phi) is 10.5. The fraction of sp³-hybridized carbons (Fsp3) is 0.200. The van der Waals surface area contributed by atoms with Crippen LogP contribution in [-0.2, 0) is 0 Å². The van der Waals surface area contributed by atoms with Gasteiger partial charge in [0.15, 0.2) is 0 Å². The number of halogens is 10. The molecule has 1 unspecified atom stereocenters. The van der Waals surface area contributed by atoms with Crippen LogP contribution in [0.25, 0.3) is 0 Å². The van der Waals surface area contributed by atoms with Crippen molar-refractivity contribution in [2.24, 2.45) is 0 Å². The molecule has 0 heterocycles. The smallest absolute Gasteiger partial charge is 0.0809 e. The molecule has 2 aromatic rings. The van der Waals surface area contributed by atoms with Crippen molar-refractivity contribution < 1.29 is 0 Å². The van der Waals surface area contributed by atoms with Gasteiger partial charge in [-0.15, -0.1) is 0 Å². The monoisotopic (exact) mass is 694 g/mol. The maximum Gasteiger partial charge on any atom is 0.0809 e. The fourth-order valence-electron chi connectivity index (χ4n) is 2.83. The summed E-state index contributed by atoms with van der Waals surface area (Å²) < 4.78 is 6.68. The van der Waals surface area contributed by atoms with E-state index in [1.54, 1.807) is 0 Å². The summed E-state index contributed by atoms with van der Waals surface area (Å²) in [7, 11) is 0. The van der Waals surface area contributed by atoms with E-state index in [1.807, 2.05) is 26.0 Å².